The van der Waals surface area contributed by atoms with Gasteiger partial charge >= 0.3 is 5.97 Å². The van der Waals surface area contributed by atoms with Crippen molar-refractivity contribution >= 4 is 22.7 Å². The normalized spacial score (nSPS) is 12.8. The summed E-state index contributed by atoms with van der Waals surface area (Å²) < 4.78 is 18.6. The molecule has 1 aliphatic rings. The molecule has 0 saturated heterocycles. The fourth-order valence-electron chi connectivity index (χ4n) is 3.10. The lowest BCUT2D eigenvalue weighted by Crippen LogP contribution is -2.13. The van der Waals surface area contributed by atoms with E-state index >= 15 is 0 Å². The number of Topliss-reactive ketones (excluding diaryl/α,β-unsaturated/α-hetero) is 1. The number of nitrogens with one attached hydrogen (secondary N) is 1. The lowest BCUT2D eigenvalue weighted by atomic mass is 9.88. The lowest BCUT2D eigenvalue weighted by Gasteiger charge is -2.16. The molecule has 4 rings (SSSR count). The summed E-state index contributed by atoms with van der Waals surface area (Å²) in [5.74, 6) is -1.21. The van der Waals surface area contributed by atoms with Crippen LogP contribution in [0.25, 0.3) is 22.2 Å². The van der Waals surface area contributed by atoms with Gasteiger partial charge in [-0.1, -0.05) is 0 Å². The molecule has 24 heavy (non-hydrogen) atoms. The number of H-pyrrole nitrogens is 1. The molecule has 0 aliphatic heterocycles. The number of ketones is 1. The van der Waals surface area contributed by atoms with Crippen LogP contribution in [0, 0.1) is 5.82 Å². The number of aromatic nitrogens is 1. The van der Waals surface area contributed by atoms with Crippen molar-refractivity contribution in [2.75, 3.05) is 6.61 Å². The minimum atomic E-state index is -1.08. The second kappa shape index (κ2) is 5.19. The number of ether oxygens (including phenoxy) is 1. The molecule has 1 aliphatic carbocycles. The fourth-order valence-corrected chi connectivity index (χ4v) is 3.10. The highest BCUT2D eigenvalue weighted by Crippen LogP contribution is 2.38. The molecular formula is C18H12FNO4. The standard InChI is InChI=1S/C18H12FNO4/c19-9-1-4-15-12(5-9)14-7-16(21)13-6-10(24-8-17(22)23)2-3-11(13)18(14)20-15/h1-6,20H,7-8H2,(H,22,23). The van der Waals surface area contributed by atoms with Crippen molar-refractivity contribution < 1.29 is 23.8 Å². The number of halogens is 1. The molecule has 6 heteroatoms. The van der Waals surface area contributed by atoms with Gasteiger partial charge in [0.1, 0.15) is 11.6 Å². The van der Waals surface area contributed by atoms with Gasteiger partial charge in [-0.3, -0.25) is 4.79 Å². The number of carboxylic acids is 1. The van der Waals surface area contributed by atoms with Gasteiger partial charge in [-0.15, -0.1) is 0 Å². The number of carboxylic acid groups (broad SMARTS) is 1. The van der Waals surface area contributed by atoms with E-state index < -0.39 is 12.6 Å². The summed E-state index contributed by atoms with van der Waals surface area (Å²) in [5.41, 5.74) is 3.52. The van der Waals surface area contributed by atoms with Gasteiger partial charge < -0.3 is 14.8 Å². The summed E-state index contributed by atoms with van der Waals surface area (Å²) in [4.78, 5) is 26.3. The van der Waals surface area contributed by atoms with Crippen LogP contribution in [0.2, 0.25) is 0 Å². The van der Waals surface area contributed by atoms with Crippen LogP contribution in [-0.2, 0) is 11.2 Å². The Labute approximate surface area is 135 Å². The topological polar surface area (TPSA) is 79.4 Å². The first-order valence-electron chi connectivity index (χ1n) is 7.35. The van der Waals surface area contributed by atoms with Crippen LogP contribution in [0.4, 0.5) is 4.39 Å². The maximum absolute atomic E-state index is 13.5. The Morgan fingerprint density at radius 3 is 2.83 bits per heavy atom. The summed E-state index contributed by atoms with van der Waals surface area (Å²) >= 11 is 0. The van der Waals surface area contributed by atoms with Crippen molar-refractivity contribution in [2.45, 2.75) is 6.42 Å². The lowest BCUT2D eigenvalue weighted by molar-refractivity contribution is -0.139. The average molecular weight is 325 g/mol. The Morgan fingerprint density at radius 2 is 2.04 bits per heavy atom. The quantitative estimate of drug-likeness (QED) is 0.775. The highest BCUT2D eigenvalue weighted by molar-refractivity contribution is 6.10. The number of hydrogen-bond acceptors (Lipinski definition) is 3. The molecule has 3 aromatic rings. The van der Waals surface area contributed by atoms with E-state index in [1.165, 1.54) is 12.1 Å². The number of aliphatic carboxylic acids is 1. The van der Waals surface area contributed by atoms with Crippen molar-refractivity contribution in [1.29, 1.82) is 0 Å². The molecule has 5 nitrogen and oxygen atoms in total. The van der Waals surface area contributed by atoms with Crippen molar-refractivity contribution in [1.82, 2.24) is 4.98 Å². The van der Waals surface area contributed by atoms with Gasteiger partial charge in [-0.25, -0.2) is 9.18 Å². The number of carbonyl (C=O) groups is 2. The molecule has 0 atom stereocenters. The molecule has 0 bridgehead atoms. The van der Waals surface area contributed by atoms with E-state index in [0.717, 1.165) is 16.8 Å². The highest BCUT2D eigenvalue weighted by atomic mass is 19.1. The Kier molecular flexibility index (Phi) is 3.13. The Balaban J connectivity index is 1.84. The van der Waals surface area contributed by atoms with E-state index in [1.807, 2.05) is 0 Å². The first kappa shape index (κ1) is 14.4. The van der Waals surface area contributed by atoms with Gasteiger partial charge in [0.2, 0.25) is 0 Å². The van der Waals surface area contributed by atoms with E-state index in [-0.39, 0.29) is 18.0 Å². The van der Waals surface area contributed by atoms with Crippen LogP contribution < -0.4 is 4.74 Å². The van der Waals surface area contributed by atoms with Crippen molar-refractivity contribution in [2.24, 2.45) is 0 Å². The summed E-state index contributed by atoms with van der Waals surface area (Å²) in [6.45, 7) is -0.468. The number of fused-ring (bicyclic) bond motifs is 5. The molecule has 0 spiro atoms. The molecule has 1 heterocycles. The first-order chi connectivity index (χ1) is 11.5. The fraction of sp³-hybridized carbons (Fsp3) is 0.111. The number of rotatable bonds is 3. The number of hydrogen-bond donors (Lipinski definition) is 2. The van der Waals surface area contributed by atoms with Crippen LogP contribution in [0.3, 0.4) is 0 Å². The van der Waals surface area contributed by atoms with Gasteiger partial charge in [0.05, 0.1) is 5.69 Å². The Bertz CT molecular complexity index is 1010. The molecule has 0 fully saturated rings. The number of benzene rings is 2. The van der Waals surface area contributed by atoms with Gasteiger partial charge in [0.25, 0.3) is 0 Å². The van der Waals surface area contributed by atoms with Gasteiger partial charge in [0, 0.05) is 28.5 Å². The zero-order chi connectivity index (χ0) is 16.8. The van der Waals surface area contributed by atoms with Crippen LogP contribution in [0.5, 0.6) is 5.75 Å². The smallest absolute Gasteiger partial charge is 0.341 e. The molecular weight excluding hydrogens is 313 g/mol. The third kappa shape index (κ3) is 2.23. The predicted molar refractivity (Wildman–Crippen MR) is 84.9 cm³/mol. The van der Waals surface area contributed by atoms with Crippen LogP contribution >= 0.6 is 0 Å². The molecule has 2 N–H and O–H groups in total. The van der Waals surface area contributed by atoms with Crippen molar-refractivity contribution in [3.63, 3.8) is 0 Å². The summed E-state index contributed by atoms with van der Waals surface area (Å²) in [7, 11) is 0. The summed E-state index contributed by atoms with van der Waals surface area (Å²) in [6, 6.07) is 9.33. The molecule has 0 unspecified atom stereocenters. The highest BCUT2D eigenvalue weighted by Gasteiger charge is 2.26. The maximum atomic E-state index is 13.5. The largest absolute Gasteiger partial charge is 0.482 e. The molecule has 2 aromatic carbocycles. The third-order valence-corrected chi connectivity index (χ3v) is 4.13. The van der Waals surface area contributed by atoms with Crippen LogP contribution in [0.15, 0.2) is 36.4 Å². The van der Waals surface area contributed by atoms with E-state index in [9.17, 15) is 14.0 Å². The van der Waals surface area contributed by atoms with Crippen LogP contribution in [0.1, 0.15) is 15.9 Å². The van der Waals surface area contributed by atoms with E-state index in [2.05, 4.69) is 4.98 Å². The summed E-state index contributed by atoms with van der Waals surface area (Å²) in [6.07, 6.45) is 0.161. The second-order valence-electron chi connectivity index (χ2n) is 5.66. The maximum Gasteiger partial charge on any atom is 0.341 e. The first-order valence-corrected chi connectivity index (χ1v) is 7.35. The number of carbonyl (C=O) groups excluding carboxylic acids is 1. The Hall–Kier alpha value is -3.15. The van der Waals surface area contributed by atoms with Crippen molar-refractivity contribution in [3.8, 4) is 17.0 Å². The van der Waals surface area contributed by atoms with Gasteiger partial charge in [0.15, 0.2) is 12.4 Å². The zero-order valence-corrected chi connectivity index (χ0v) is 12.4. The zero-order valence-electron chi connectivity index (χ0n) is 12.4. The minimum absolute atomic E-state index is 0.108. The molecule has 0 radical (unpaired) electrons. The minimum Gasteiger partial charge on any atom is -0.482 e. The number of aromatic amines is 1. The predicted octanol–water partition coefficient (Wildman–Crippen LogP) is 3.18. The van der Waals surface area contributed by atoms with Gasteiger partial charge in [-0.2, -0.15) is 0 Å². The molecule has 0 amide bonds. The molecule has 120 valence electrons. The van der Waals surface area contributed by atoms with E-state index in [4.69, 9.17) is 9.84 Å². The molecule has 0 saturated carbocycles. The van der Waals surface area contributed by atoms with Crippen molar-refractivity contribution in [3.05, 3.63) is 53.3 Å². The monoisotopic (exact) mass is 325 g/mol. The second-order valence-corrected chi connectivity index (χ2v) is 5.66. The Morgan fingerprint density at radius 1 is 1.21 bits per heavy atom. The van der Waals surface area contributed by atoms with E-state index in [1.54, 1.807) is 24.3 Å². The SMILES string of the molecule is O=C(O)COc1ccc2c(c1)C(=O)Cc1c-2[nH]c2ccc(F)cc12. The van der Waals surface area contributed by atoms with E-state index in [0.29, 0.717) is 22.3 Å². The third-order valence-electron chi connectivity index (χ3n) is 4.13. The van der Waals surface area contributed by atoms with Crippen LogP contribution in [-0.4, -0.2) is 28.4 Å². The summed E-state index contributed by atoms with van der Waals surface area (Å²) in [5, 5.41) is 9.37. The average Bonchev–Trinajstić information content (AvgIpc) is 2.91. The molecule has 1 aromatic heterocycles. The van der Waals surface area contributed by atoms with Gasteiger partial charge in [-0.05, 0) is 42.0 Å².